The fourth-order valence-corrected chi connectivity index (χ4v) is 6.44. The zero-order valence-corrected chi connectivity index (χ0v) is 21.8. The zero-order valence-electron chi connectivity index (χ0n) is 17.5. The van der Waals surface area contributed by atoms with E-state index in [1.165, 1.54) is 0 Å². The van der Waals surface area contributed by atoms with Gasteiger partial charge in [0, 0.05) is 40.5 Å². The van der Waals surface area contributed by atoms with Gasteiger partial charge < -0.3 is 20.1 Å². The highest BCUT2D eigenvalue weighted by atomic mass is 127. The van der Waals surface area contributed by atoms with Crippen molar-refractivity contribution in [1.29, 1.82) is 5.26 Å². The number of carbonyl (C=O) groups excluding carboxylic acids is 1. The van der Waals surface area contributed by atoms with Crippen molar-refractivity contribution >= 4 is 51.0 Å². The number of nitrogens with zero attached hydrogens (tertiary/aromatic N) is 2. The summed E-state index contributed by atoms with van der Waals surface area (Å²) in [6.45, 7) is 5.11. The van der Waals surface area contributed by atoms with Gasteiger partial charge in [0.25, 0.3) is 0 Å². The van der Waals surface area contributed by atoms with Gasteiger partial charge in [0.15, 0.2) is 5.78 Å². The van der Waals surface area contributed by atoms with Gasteiger partial charge in [-0.25, -0.2) is 0 Å². The summed E-state index contributed by atoms with van der Waals surface area (Å²) >= 11 is 4.47. The van der Waals surface area contributed by atoms with Crippen LogP contribution in [0.5, 0.6) is 5.75 Å². The predicted octanol–water partition coefficient (Wildman–Crippen LogP) is 4.29. The van der Waals surface area contributed by atoms with E-state index in [0.717, 1.165) is 18.4 Å². The summed E-state index contributed by atoms with van der Waals surface area (Å²) in [5.41, 5.74) is 9.11. The van der Waals surface area contributed by atoms with Crippen LogP contribution in [0.2, 0.25) is 0 Å². The second-order valence-electron chi connectivity index (χ2n) is 8.30. The number of carbonyl (C=O) groups is 1. The molecule has 1 aromatic rings. The molecule has 1 atom stereocenters. The molecule has 1 heterocycles. The van der Waals surface area contributed by atoms with Crippen molar-refractivity contribution in [2.24, 2.45) is 11.1 Å². The minimum absolute atomic E-state index is 0.0600. The number of ether oxygens (including phenoxy) is 2. The fourth-order valence-electron chi connectivity index (χ4n) is 4.33. The summed E-state index contributed by atoms with van der Waals surface area (Å²) in [6, 6.07) is 6.30. The Hall–Kier alpha value is -1.32. The van der Waals surface area contributed by atoms with Gasteiger partial charge in [0.05, 0.1) is 34.8 Å². The van der Waals surface area contributed by atoms with Gasteiger partial charge in [-0.2, -0.15) is 5.26 Å². The lowest BCUT2D eigenvalue weighted by Crippen LogP contribution is -2.43. The first-order valence-corrected chi connectivity index (χ1v) is 11.8. The standard InChI is InChI=1S/C22H25I2N3O3/c1-22(2)9-16-19(17(28)10-22)18(13-7-12(23)8-15(24)20(13)30-4)14(11-25)21(26)27(16)5-6-29-3/h7-8,18H,5-6,9-10,26H2,1-4H3/t18-/m1/s1. The van der Waals surface area contributed by atoms with E-state index in [0.29, 0.717) is 48.7 Å². The Bertz CT molecular complexity index is 992. The van der Waals surface area contributed by atoms with E-state index in [1.807, 2.05) is 17.0 Å². The van der Waals surface area contributed by atoms with Crippen LogP contribution in [0.25, 0.3) is 0 Å². The van der Waals surface area contributed by atoms with Gasteiger partial charge in [-0.15, -0.1) is 0 Å². The summed E-state index contributed by atoms with van der Waals surface area (Å²) in [7, 11) is 3.24. The lowest BCUT2D eigenvalue weighted by molar-refractivity contribution is -0.118. The number of allylic oxidation sites excluding steroid dienone is 3. The Kier molecular flexibility index (Phi) is 7.04. The molecule has 0 saturated carbocycles. The number of nitriles is 1. The second-order valence-corrected chi connectivity index (χ2v) is 10.7. The zero-order chi connectivity index (χ0) is 22.2. The molecule has 0 bridgehead atoms. The van der Waals surface area contributed by atoms with E-state index in [2.05, 4.69) is 65.1 Å². The molecule has 0 spiro atoms. The van der Waals surface area contributed by atoms with Crippen LogP contribution < -0.4 is 10.5 Å². The van der Waals surface area contributed by atoms with Crippen LogP contribution in [-0.4, -0.2) is 38.1 Å². The molecule has 2 aliphatic rings. The molecule has 1 aliphatic carbocycles. The molecule has 0 saturated heterocycles. The fraction of sp³-hybridized carbons (Fsp3) is 0.455. The van der Waals surface area contributed by atoms with Gasteiger partial charge in [-0.1, -0.05) is 13.8 Å². The number of Topliss-reactive ketones (excluding diaryl/α,β-unsaturated/α-hetero) is 1. The van der Waals surface area contributed by atoms with Crippen molar-refractivity contribution < 1.29 is 14.3 Å². The van der Waals surface area contributed by atoms with E-state index in [1.54, 1.807) is 14.2 Å². The lowest BCUT2D eigenvalue weighted by atomic mass is 9.68. The topological polar surface area (TPSA) is 88.6 Å². The summed E-state index contributed by atoms with van der Waals surface area (Å²) in [4.78, 5) is 15.4. The average Bonchev–Trinajstić information content (AvgIpc) is 2.65. The normalized spacial score (nSPS) is 20.9. The van der Waals surface area contributed by atoms with E-state index in [-0.39, 0.29) is 11.2 Å². The monoisotopic (exact) mass is 633 g/mol. The first-order valence-electron chi connectivity index (χ1n) is 9.60. The van der Waals surface area contributed by atoms with Gasteiger partial charge in [0.2, 0.25) is 0 Å². The lowest BCUT2D eigenvalue weighted by Gasteiger charge is -2.44. The molecule has 8 heteroatoms. The summed E-state index contributed by atoms with van der Waals surface area (Å²) in [6.07, 6.45) is 1.14. The number of benzene rings is 1. The molecular formula is C22H25I2N3O3. The Labute approximate surface area is 204 Å². The van der Waals surface area contributed by atoms with E-state index < -0.39 is 5.92 Å². The molecule has 0 fully saturated rings. The number of ketones is 1. The van der Waals surface area contributed by atoms with Crippen molar-refractivity contribution in [3.8, 4) is 11.8 Å². The van der Waals surface area contributed by atoms with Crippen LogP contribution in [0.15, 0.2) is 34.8 Å². The molecule has 0 aromatic heterocycles. The third-order valence-electron chi connectivity index (χ3n) is 5.56. The van der Waals surface area contributed by atoms with Crippen molar-refractivity contribution in [3.63, 3.8) is 0 Å². The molecule has 30 heavy (non-hydrogen) atoms. The highest BCUT2D eigenvalue weighted by Crippen LogP contribution is 2.51. The maximum absolute atomic E-state index is 13.5. The molecule has 0 radical (unpaired) electrons. The molecule has 6 nitrogen and oxygen atoms in total. The summed E-state index contributed by atoms with van der Waals surface area (Å²) in [5, 5.41) is 10.1. The molecule has 0 unspecified atom stereocenters. The highest BCUT2D eigenvalue weighted by molar-refractivity contribution is 14.1. The number of hydrogen-bond donors (Lipinski definition) is 1. The van der Waals surface area contributed by atoms with E-state index in [4.69, 9.17) is 15.2 Å². The smallest absolute Gasteiger partial charge is 0.162 e. The van der Waals surface area contributed by atoms with Crippen LogP contribution in [0, 0.1) is 23.9 Å². The maximum atomic E-state index is 13.5. The van der Waals surface area contributed by atoms with Crippen LogP contribution in [0.4, 0.5) is 0 Å². The average molecular weight is 633 g/mol. The maximum Gasteiger partial charge on any atom is 0.162 e. The molecule has 3 rings (SSSR count). The minimum Gasteiger partial charge on any atom is -0.495 e. The van der Waals surface area contributed by atoms with Crippen molar-refractivity contribution in [3.05, 3.63) is 47.5 Å². The largest absolute Gasteiger partial charge is 0.495 e. The first kappa shape index (κ1) is 23.3. The predicted molar refractivity (Wildman–Crippen MR) is 132 cm³/mol. The molecule has 2 N–H and O–H groups in total. The SMILES string of the molecule is COCCN1C(N)=C(C#N)[C@@H](c2cc(I)cc(I)c2OC)C2=C1CC(C)(C)CC2=O. The Morgan fingerprint density at radius 2 is 2.00 bits per heavy atom. The minimum atomic E-state index is -0.537. The second kappa shape index (κ2) is 9.04. The molecule has 1 aliphatic heterocycles. The summed E-state index contributed by atoms with van der Waals surface area (Å²) in [5.74, 6) is 0.589. The molecule has 0 amide bonds. The summed E-state index contributed by atoms with van der Waals surface area (Å²) < 4.78 is 12.9. The number of halogens is 2. The Morgan fingerprint density at radius 3 is 2.60 bits per heavy atom. The number of nitrogens with two attached hydrogens (primary N) is 1. The molecular weight excluding hydrogens is 608 g/mol. The van der Waals surface area contributed by atoms with Crippen LogP contribution in [0.1, 0.15) is 38.2 Å². The van der Waals surface area contributed by atoms with Crippen molar-refractivity contribution in [2.75, 3.05) is 27.4 Å². The Morgan fingerprint density at radius 1 is 1.30 bits per heavy atom. The van der Waals surface area contributed by atoms with Gasteiger partial charge in [-0.05, 0) is 69.2 Å². The highest BCUT2D eigenvalue weighted by Gasteiger charge is 2.45. The van der Waals surface area contributed by atoms with Gasteiger partial charge >= 0.3 is 0 Å². The third kappa shape index (κ3) is 4.21. The Balaban J connectivity index is 2.32. The van der Waals surface area contributed by atoms with Gasteiger partial charge in [0.1, 0.15) is 11.6 Å². The van der Waals surface area contributed by atoms with Crippen LogP contribution >= 0.6 is 45.2 Å². The van der Waals surface area contributed by atoms with Crippen LogP contribution in [0.3, 0.4) is 0 Å². The van der Waals surface area contributed by atoms with Crippen LogP contribution in [-0.2, 0) is 9.53 Å². The molecule has 160 valence electrons. The number of methoxy groups -OCH3 is 2. The van der Waals surface area contributed by atoms with Crippen molar-refractivity contribution in [1.82, 2.24) is 4.90 Å². The number of hydrogen-bond acceptors (Lipinski definition) is 6. The van der Waals surface area contributed by atoms with Gasteiger partial charge in [-0.3, -0.25) is 4.79 Å². The number of rotatable bonds is 5. The van der Waals surface area contributed by atoms with Crippen molar-refractivity contribution in [2.45, 2.75) is 32.6 Å². The third-order valence-corrected chi connectivity index (χ3v) is 6.98. The quantitative estimate of drug-likeness (QED) is 0.488. The van der Waals surface area contributed by atoms with E-state index in [9.17, 15) is 10.1 Å². The molecule has 1 aromatic carbocycles. The van der Waals surface area contributed by atoms with E-state index >= 15 is 0 Å². The first-order chi connectivity index (χ1) is 14.1.